The zero-order valence-electron chi connectivity index (χ0n) is 12.2. The van der Waals surface area contributed by atoms with Gasteiger partial charge in [-0.2, -0.15) is 10.2 Å². The number of amides is 1. The van der Waals surface area contributed by atoms with Gasteiger partial charge in [-0.1, -0.05) is 12.1 Å². The Hall–Kier alpha value is -3.56. The number of carbonyl (C=O) groups is 1. The first kappa shape index (κ1) is 15.3. The number of carbonyl (C=O) groups excluding carboxylic acids is 1. The van der Waals surface area contributed by atoms with Crippen molar-refractivity contribution >= 4 is 17.3 Å². The largest absolute Gasteiger partial charge is 0.318 e. The molecule has 122 valence electrons. The lowest BCUT2D eigenvalue weighted by Gasteiger charge is -2.04. The van der Waals surface area contributed by atoms with Gasteiger partial charge in [0, 0.05) is 6.20 Å². The summed E-state index contributed by atoms with van der Waals surface area (Å²) in [5.74, 6) is -1.11. The number of benzene rings is 1. The summed E-state index contributed by atoms with van der Waals surface area (Å²) in [5, 5.41) is 20.9. The molecule has 0 saturated carbocycles. The average molecular weight is 330 g/mol. The van der Waals surface area contributed by atoms with E-state index in [1.54, 1.807) is 6.07 Å². The van der Waals surface area contributed by atoms with Crippen molar-refractivity contribution in [1.82, 2.24) is 19.6 Å². The van der Waals surface area contributed by atoms with Crippen molar-refractivity contribution < 1.29 is 14.1 Å². The van der Waals surface area contributed by atoms with E-state index in [1.807, 2.05) is 0 Å². The van der Waals surface area contributed by atoms with Crippen LogP contribution in [0.2, 0.25) is 0 Å². The van der Waals surface area contributed by atoms with Crippen molar-refractivity contribution in [2.24, 2.45) is 0 Å². The van der Waals surface area contributed by atoms with E-state index >= 15 is 0 Å². The maximum absolute atomic E-state index is 13.5. The molecule has 0 aliphatic carbocycles. The second-order valence-electron chi connectivity index (χ2n) is 4.81. The van der Waals surface area contributed by atoms with Crippen molar-refractivity contribution in [3.8, 4) is 0 Å². The Bertz CT molecular complexity index is 903. The van der Waals surface area contributed by atoms with Gasteiger partial charge in [0.1, 0.15) is 24.9 Å². The van der Waals surface area contributed by atoms with Crippen molar-refractivity contribution in [2.75, 3.05) is 5.32 Å². The Morgan fingerprint density at radius 3 is 2.79 bits per heavy atom. The Balaban J connectivity index is 1.69. The lowest BCUT2D eigenvalue weighted by molar-refractivity contribution is -0.385. The van der Waals surface area contributed by atoms with Gasteiger partial charge < -0.3 is 5.32 Å². The number of nitrogens with zero attached hydrogens (tertiary/aromatic N) is 5. The van der Waals surface area contributed by atoms with E-state index in [2.05, 4.69) is 15.5 Å². The normalized spacial score (nSPS) is 10.5. The van der Waals surface area contributed by atoms with Gasteiger partial charge >= 0.3 is 5.69 Å². The molecule has 3 rings (SSSR count). The topological polar surface area (TPSA) is 108 Å². The van der Waals surface area contributed by atoms with E-state index in [1.165, 1.54) is 46.0 Å². The van der Waals surface area contributed by atoms with Crippen LogP contribution < -0.4 is 5.32 Å². The van der Waals surface area contributed by atoms with Crippen LogP contribution in [0.4, 0.5) is 15.8 Å². The molecule has 0 aliphatic heterocycles. The molecule has 0 bridgehead atoms. The molecular weight excluding hydrogens is 319 g/mol. The summed E-state index contributed by atoms with van der Waals surface area (Å²) in [6, 6.07) is 7.24. The molecule has 0 saturated heterocycles. The summed E-state index contributed by atoms with van der Waals surface area (Å²) in [4.78, 5) is 22.1. The average Bonchev–Trinajstić information content (AvgIpc) is 3.19. The minimum absolute atomic E-state index is 0.0553. The molecule has 0 fully saturated rings. The minimum Gasteiger partial charge on any atom is -0.318 e. The van der Waals surface area contributed by atoms with E-state index in [0.29, 0.717) is 0 Å². The highest BCUT2D eigenvalue weighted by atomic mass is 19.1. The van der Waals surface area contributed by atoms with Gasteiger partial charge in [-0.25, -0.2) is 9.07 Å². The quantitative estimate of drug-likeness (QED) is 0.567. The van der Waals surface area contributed by atoms with Crippen molar-refractivity contribution in [3.63, 3.8) is 0 Å². The number of aromatic nitrogens is 4. The SMILES string of the molecule is O=C(Nc1ccccc1F)c1ccn(Cn2cc([N+](=O)[O-])cn2)n1. The zero-order valence-corrected chi connectivity index (χ0v) is 12.2. The van der Waals surface area contributed by atoms with Gasteiger partial charge in [0.05, 0.1) is 10.6 Å². The summed E-state index contributed by atoms with van der Waals surface area (Å²) < 4.78 is 16.2. The van der Waals surface area contributed by atoms with Crippen LogP contribution >= 0.6 is 0 Å². The predicted molar refractivity (Wildman–Crippen MR) is 80.9 cm³/mol. The molecule has 0 aliphatic rings. The summed E-state index contributed by atoms with van der Waals surface area (Å²) in [6.45, 7) is 0.0980. The summed E-state index contributed by atoms with van der Waals surface area (Å²) in [6.07, 6.45) is 3.89. The Kier molecular flexibility index (Phi) is 4.01. The molecule has 0 unspecified atom stereocenters. The van der Waals surface area contributed by atoms with Crippen LogP contribution in [0, 0.1) is 15.9 Å². The molecule has 0 spiro atoms. The first-order chi connectivity index (χ1) is 11.5. The number of rotatable bonds is 5. The van der Waals surface area contributed by atoms with E-state index in [9.17, 15) is 19.3 Å². The highest BCUT2D eigenvalue weighted by Gasteiger charge is 2.13. The van der Waals surface area contributed by atoms with E-state index in [0.717, 1.165) is 6.20 Å². The van der Waals surface area contributed by atoms with Crippen LogP contribution in [0.5, 0.6) is 0 Å². The maximum Gasteiger partial charge on any atom is 0.307 e. The van der Waals surface area contributed by atoms with Crippen LogP contribution in [-0.4, -0.2) is 30.4 Å². The third-order valence-electron chi connectivity index (χ3n) is 3.12. The number of anilines is 1. The molecule has 1 amide bonds. The molecule has 10 heteroatoms. The highest BCUT2D eigenvalue weighted by molar-refractivity contribution is 6.02. The minimum atomic E-state index is -0.565. The molecule has 0 radical (unpaired) electrons. The molecule has 9 nitrogen and oxygen atoms in total. The van der Waals surface area contributed by atoms with E-state index in [4.69, 9.17) is 0 Å². The summed E-state index contributed by atoms with van der Waals surface area (Å²) in [7, 11) is 0. The van der Waals surface area contributed by atoms with Gasteiger partial charge in [-0.05, 0) is 18.2 Å². The Labute approximate surface area is 134 Å². The third-order valence-corrected chi connectivity index (χ3v) is 3.12. The van der Waals surface area contributed by atoms with Crippen LogP contribution in [0.3, 0.4) is 0 Å². The molecule has 24 heavy (non-hydrogen) atoms. The number of halogens is 1. The second-order valence-corrected chi connectivity index (χ2v) is 4.81. The number of hydrogen-bond donors (Lipinski definition) is 1. The van der Waals surface area contributed by atoms with Crippen LogP contribution in [-0.2, 0) is 6.67 Å². The first-order valence-electron chi connectivity index (χ1n) is 6.79. The summed E-state index contributed by atoms with van der Waals surface area (Å²) in [5.41, 5.74) is -0.000615. The predicted octanol–water partition coefficient (Wildman–Crippen LogP) is 1.88. The molecule has 3 aromatic rings. The maximum atomic E-state index is 13.5. The number of nitro groups is 1. The molecule has 2 heterocycles. The first-order valence-corrected chi connectivity index (χ1v) is 6.79. The van der Waals surface area contributed by atoms with Crippen LogP contribution in [0.1, 0.15) is 10.5 Å². The van der Waals surface area contributed by atoms with E-state index in [-0.39, 0.29) is 23.7 Å². The van der Waals surface area contributed by atoms with Crippen molar-refractivity contribution in [3.05, 3.63) is 70.5 Å². The van der Waals surface area contributed by atoms with Crippen LogP contribution in [0.15, 0.2) is 48.9 Å². The Morgan fingerprint density at radius 2 is 2.08 bits per heavy atom. The van der Waals surface area contributed by atoms with Crippen LogP contribution in [0.25, 0.3) is 0 Å². The monoisotopic (exact) mass is 330 g/mol. The second kappa shape index (κ2) is 6.28. The fourth-order valence-electron chi connectivity index (χ4n) is 1.98. The lowest BCUT2D eigenvalue weighted by atomic mass is 10.3. The molecule has 1 N–H and O–H groups in total. The molecular formula is C14H11FN6O3. The highest BCUT2D eigenvalue weighted by Crippen LogP contribution is 2.13. The number of para-hydroxylation sites is 1. The lowest BCUT2D eigenvalue weighted by Crippen LogP contribution is -2.15. The van der Waals surface area contributed by atoms with Gasteiger partial charge in [0.25, 0.3) is 5.91 Å². The van der Waals surface area contributed by atoms with Crippen molar-refractivity contribution in [1.29, 1.82) is 0 Å². The Morgan fingerprint density at radius 1 is 1.29 bits per heavy atom. The zero-order chi connectivity index (χ0) is 17.1. The standard InChI is InChI=1S/C14H11FN6O3/c15-11-3-1-2-4-12(11)17-14(22)13-5-6-19(18-13)9-20-8-10(7-16-20)21(23)24/h1-8H,9H2,(H,17,22). The molecule has 1 aromatic carbocycles. The van der Waals surface area contributed by atoms with Gasteiger partial charge in [0.15, 0.2) is 5.69 Å². The van der Waals surface area contributed by atoms with E-state index < -0.39 is 16.6 Å². The van der Waals surface area contributed by atoms with Crippen molar-refractivity contribution in [2.45, 2.75) is 6.67 Å². The van der Waals surface area contributed by atoms with Gasteiger partial charge in [0.2, 0.25) is 0 Å². The summed E-state index contributed by atoms with van der Waals surface area (Å²) >= 11 is 0. The third kappa shape index (κ3) is 3.27. The fraction of sp³-hybridized carbons (Fsp3) is 0.0714. The molecule has 0 atom stereocenters. The fourth-order valence-corrected chi connectivity index (χ4v) is 1.98. The molecule has 2 aromatic heterocycles. The number of nitrogens with one attached hydrogen (secondary N) is 1. The smallest absolute Gasteiger partial charge is 0.307 e. The van der Waals surface area contributed by atoms with Gasteiger partial charge in [-0.3, -0.25) is 19.6 Å². The van der Waals surface area contributed by atoms with Gasteiger partial charge in [-0.15, -0.1) is 0 Å². The number of hydrogen-bond acceptors (Lipinski definition) is 5.